The maximum Gasteiger partial charge on any atom is 0.416 e. The summed E-state index contributed by atoms with van der Waals surface area (Å²) in [6.45, 7) is 3.61. The van der Waals surface area contributed by atoms with E-state index in [1.54, 1.807) is 6.07 Å². The van der Waals surface area contributed by atoms with E-state index in [9.17, 15) is 13.2 Å². The van der Waals surface area contributed by atoms with Crippen molar-refractivity contribution >= 4 is 0 Å². The Morgan fingerprint density at radius 2 is 2.15 bits per heavy atom. The molecule has 5 heteroatoms. The number of hydrogen-bond donors (Lipinski definition) is 1. The van der Waals surface area contributed by atoms with Crippen LogP contribution in [0.15, 0.2) is 24.3 Å². The summed E-state index contributed by atoms with van der Waals surface area (Å²) in [6.07, 6.45) is -1.87. The van der Waals surface area contributed by atoms with Crippen LogP contribution in [-0.2, 0) is 10.9 Å². The lowest BCUT2D eigenvalue weighted by Crippen LogP contribution is -2.36. The molecule has 2 unspecified atom stereocenters. The third kappa shape index (κ3) is 3.96. The summed E-state index contributed by atoms with van der Waals surface area (Å²) in [5.74, 6) is 0. The molecule has 0 amide bonds. The minimum absolute atomic E-state index is 0.250. The second-order valence-electron chi connectivity index (χ2n) is 5.16. The minimum Gasteiger partial charge on any atom is -0.373 e. The van der Waals surface area contributed by atoms with E-state index in [1.807, 2.05) is 0 Å². The molecule has 0 aromatic heterocycles. The van der Waals surface area contributed by atoms with Crippen LogP contribution in [-0.4, -0.2) is 19.2 Å². The van der Waals surface area contributed by atoms with Gasteiger partial charge in [-0.05, 0) is 43.5 Å². The zero-order valence-electron chi connectivity index (χ0n) is 11.5. The van der Waals surface area contributed by atoms with Gasteiger partial charge in [0.15, 0.2) is 0 Å². The predicted molar refractivity (Wildman–Crippen MR) is 71.5 cm³/mol. The molecule has 0 radical (unpaired) electrons. The lowest BCUT2D eigenvalue weighted by molar-refractivity contribution is -0.137. The van der Waals surface area contributed by atoms with E-state index in [1.165, 1.54) is 12.1 Å². The monoisotopic (exact) mass is 287 g/mol. The van der Waals surface area contributed by atoms with E-state index in [-0.39, 0.29) is 6.10 Å². The molecule has 0 saturated carbocycles. The molecular formula is C15H20F3NO. The van der Waals surface area contributed by atoms with Gasteiger partial charge < -0.3 is 10.1 Å². The molecule has 0 bridgehead atoms. The molecule has 1 fully saturated rings. The van der Waals surface area contributed by atoms with E-state index in [0.29, 0.717) is 18.2 Å². The SMILES string of the molecule is CCCNC1CCOC(c2cccc(C(F)(F)F)c2)C1. The number of benzene rings is 1. The van der Waals surface area contributed by atoms with Gasteiger partial charge in [0.05, 0.1) is 11.7 Å². The molecule has 2 nitrogen and oxygen atoms in total. The Morgan fingerprint density at radius 3 is 2.85 bits per heavy atom. The van der Waals surface area contributed by atoms with Crippen molar-refractivity contribution in [1.82, 2.24) is 5.32 Å². The molecule has 2 atom stereocenters. The van der Waals surface area contributed by atoms with Crippen molar-refractivity contribution in [2.24, 2.45) is 0 Å². The van der Waals surface area contributed by atoms with Crippen LogP contribution in [0.4, 0.5) is 13.2 Å². The summed E-state index contributed by atoms with van der Waals surface area (Å²) in [5, 5.41) is 3.41. The van der Waals surface area contributed by atoms with E-state index in [4.69, 9.17) is 4.74 Å². The largest absolute Gasteiger partial charge is 0.416 e. The highest BCUT2D eigenvalue weighted by Crippen LogP contribution is 2.34. The highest BCUT2D eigenvalue weighted by atomic mass is 19.4. The van der Waals surface area contributed by atoms with Gasteiger partial charge in [-0.2, -0.15) is 13.2 Å². The molecule has 1 heterocycles. The van der Waals surface area contributed by atoms with Gasteiger partial charge in [0.2, 0.25) is 0 Å². The second kappa shape index (κ2) is 6.59. The lowest BCUT2D eigenvalue weighted by atomic mass is 9.96. The third-order valence-corrected chi connectivity index (χ3v) is 3.55. The molecule has 1 aromatic carbocycles. The van der Waals surface area contributed by atoms with Crippen molar-refractivity contribution in [2.75, 3.05) is 13.2 Å². The average molecular weight is 287 g/mol. The standard InChI is InChI=1S/C15H20F3NO/c1-2-7-19-13-6-8-20-14(10-13)11-4-3-5-12(9-11)15(16,17)18/h3-5,9,13-14,19H,2,6-8,10H2,1H3. The molecule has 0 aliphatic carbocycles. The second-order valence-corrected chi connectivity index (χ2v) is 5.16. The molecule has 1 aliphatic heterocycles. The summed E-state index contributed by atoms with van der Waals surface area (Å²) in [6, 6.07) is 5.78. The molecule has 20 heavy (non-hydrogen) atoms. The van der Waals surface area contributed by atoms with E-state index in [2.05, 4.69) is 12.2 Å². The molecule has 1 aromatic rings. The fraction of sp³-hybridized carbons (Fsp3) is 0.600. The van der Waals surface area contributed by atoms with Gasteiger partial charge in [0.25, 0.3) is 0 Å². The van der Waals surface area contributed by atoms with Crippen LogP contribution in [0.2, 0.25) is 0 Å². The van der Waals surface area contributed by atoms with Crippen LogP contribution in [0.25, 0.3) is 0 Å². The molecule has 1 saturated heterocycles. The van der Waals surface area contributed by atoms with Gasteiger partial charge in [0, 0.05) is 12.6 Å². The Kier molecular flexibility index (Phi) is 5.05. The number of halogens is 3. The summed E-state index contributed by atoms with van der Waals surface area (Å²) < 4.78 is 43.8. The van der Waals surface area contributed by atoms with Crippen LogP contribution < -0.4 is 5.32 Å². The van der Waals surface area contributed by atoms with E-state index < -0.39 is 11.7 Å². The topological polar surface area (TPSA) is 21.3 Å². The quantitative estimate of drug-likeness (QED) is 0.906. The van der Waals surface area contributed by atoms with Gasteiger partial charge in [-0.15, -0.1) is 0 Å². The number of ether oxygens (including phenoxy) is 1. The Labute approximate surface area is 117 Å². The van der Waals surface area contributed by atoms with Crippen molar-refractivity contribution in [2.45, 2.75) is 44.5 Å². The summed E-state index contributed by atoms with van der Waals surface area (Å²) >= 11 is 0. The van der Waals surface area contributed by atoms with Gasteiger partial charge in [-0.25, -0.2) is 0 Å². The average Bonchev–Trinajstić information content (AvgIpc) is 2.45. The number of hydrogen-bond acceptors (Lipinski definition) is 2. The number of rotatable bonds is 4. The molecule has 1 aliphatic rings. The van der Waals surface area contributed by atoms with Gasteiger partial charge in [-0.1, -0.05) is 19.1 Å². The first kappa shape index (κ1) is 15.3. The first-order chi connectivity index (χ1) is 9.50. The maximum absolute atomic E-state index is 12.7. The number of nitrogens with one attached hydrogen (secondary N) is 1. The Bertz CT molecular complexity index is 433. The van der Waals surface area contributed by atoms with E-state index >= 15 is 0 Å². The van der Waals surface area contributed by atoms with Crippen molar-refractivity contribution < 1.29 is 17.9 Å². The zero-order valence-corrected chi connectivity index (χ0v) is 11.5. The normalized spacial score (nSPS) is 23.8. The van der Waals surface area contributed by atoms with Crippen LogP contribution in [0, 0.1) is 0 Å². The lowest BCUT2D eigenvalue weighted by Gasteiger charge is -2.30. The highest BCUT2D eigenvalue weighted by Gasteiger charge is 2.32. The van der Waals surface area contributed by atoms with Crippen molar-refractivity contribution in [3.05, 3.63) is 35.4 Å². The first-order valence-electron chi connectivity index (χ1n) is 7.03. The highest BCUT2D eigenvalue weighted by molar-refractivity contribution is 5.27. The van der Waals surface area contributed by atoms with Crippen LogP contribution >= 0.6 is 0 Å². The molecule has 0 spiro atoms. The Balaban J connectivity index is 2.07. The van der Waals surface area contributed by atoms with Crippen LogP contribution in [0.5, 0.6) is 0 Å². The molecular weight excluding hydrogens is 267 g/mol. The fourth-order valence-electron chi connectivity index (χ4n) is 2.48. The molecule has 1 N–H and O–H groups in total. The first-order valence-corrected chi connectivity index (χ1v) is 7.03. The summed E-state index contributed by atoms with van der Waals surface area (Å²) in [7, 11) is 0. The van der Waals surface area contributed by atoms with Gasteiger partial charge >= 0.3 is 6.18 Å². The zero-order chi connectivity index (χ0) is 14.6. The number of alkyl halides is 3. The Hall–Kier alpha value is -1.07. The van der Waals surface area contributed by atoms with Gasteiger partial charge in [0.1, 0.15) is 0 Å². The van der Waals surface area contributed by atoms with Crippen LogP contribution in [0.1, 0.15) is 43.4 Å². The minimum atomic E-state index is -4.30. The van der Waals surface area contributed by atoms with Crippen molar-refractivity contribution in [3.8, 4) is 0 Å². The Morgan fingerprint density at radius 1 is 1.35 bits per heavy atom. The maximum atomic E-state index is 12.7. The van der Waals surface area contributed by atoms with Crippen molar-refractivity contribution in [1.29, 1.82) is 0 Å². The summed E-state index contributed by atoms with van der Waals surface area (Å²) in [5.41, 5.74) is 0.00469. The van der Waals surface area contributed by atoms with Gasteiger partial charge in [-0.3, -0.25) is 0 Å². The van der Waals surface area contributed by atoms with E-state index in [0.717, 1.165) is 31.9 Å². The fourth-order valence-corrected chi connectivity index (χ4v) is 2.48. The predicted octanol–water partition coefficient (Wildman–Crippen LogP) is 3.93. The van der Waals surface area contributed by atoms with Crippen molar-refractivity contribution in [3.63, 3.8) is 0 Å². The molecule has 2 rings (SSSR count). The molecule has 112 valence electrons. The smallest absolute Gasteiger partial charge is 0.373 e. The third-order valence-electron chi connectivity index (χ3n) is 3.55. The summed E-state index contributed by atoms with van der Waals surface area (Å²) in [4.78, 5) is 0. The van der Waals surface area contributed by atoms with Crippen LogP contribution in [0.3, 0.4) is 0 Å².